The minimum absolute atomic E-state index is 0.0220. The van der Waals surface area contributed by atoms with E-state index in [1.807, 2.05) is 18.2 Å². The molecule has 1 aliphatic heterocycles. The van der Waals surface area contributed by atoms with Gasteiger partial charge in [0.25, 0.3) is 5.91 Å². The lowest BCUT2D eigenvalue weighted by Crippen LogP contribution is -2.40. The number of nitrogens with zero attached hydrogens (tertiary/aromatic N) is 1. The first-order chi connectivity index (χ1) is 12.4. The number of rotatable bonds is 6. The fourth-order valence-electron chi connectivity index (χ4n) is 2.86. The van der Waals surface area contributed by atoms with E-state index < -0.39 is 5.97 Å². The fraction of sp³-hybridized carbons (Fsp3) is 0.211. The highest BCUT2D eigenvalue weighted by Gasteiger charge is 2.25. The summed E-state index contributed by atoms with van der Waals surface area (Å²) in [5.41, 5.74) is 8.42. The molecule has 0 aliphatic carbocycles. The Morgan fingerprint density at radius 2 is 1.96 bits per heavy atom. The van der Waals surface area contributed by atoms with Crippen LogP contribution in [0.3, 0.4) is 0 Å². The molecule has 4 N–H and O–H groups in total. The van der Waals surface area contributed by atoms with E-state index in [1.165, 1.54) is 4.90 Å². The number of carboxylic acid groups (broad SMARTS) is 1. The van der Waals surface area contributed by atoms with E-state index in [2.05, 4.69) is 0 Å². The van der Waals surface area contributed by atoms with Crippen LogP contribution in [0.2, 0.25) is 0 Å². The molecule has 0 bridgehead atoms. The molecule has 2 aromatic rings. The second kappa shape index (κ2) is 7.26. The number of carboxylic acids is 1. The summed E-state index contributed by atoms with van der Waals surface area (Å²) in [5.74, 6) is -0.606. The lowest BCUT2D eigenvalue weighted by atomic mass is 9.98. The third-order valence-electron chi connectivity index (χ3n) is 4.24. The van der Waals surface area contributed by atoms with Gasteiger partial charge >= 0.3 is 5.97 Å². The molecule has 1 heterocycles. The van der Waals surface area contributed by atoms with Gasteiger partial charge in [-0.1, -0.05) is 24.3 Å². The minimum atomic E-state index is -1.02. The Kier molecular flexibility index (Phi) is 4.88. The van der Waals surface area contributed by atoms with Gasteiger partial charge in [-0.25, -0.2) is 0 Å². The fourth-order valence-corrected chi connectivity index (χ4v) is 2.86. The Hall–Kier alpha value is -3.35. The molecule has 0 unspecified atom stereocenters. The number of hydrogen-bond acceptors (Lipinski definition) is 4. The highest BCUT2D eigenvalue weighted by molar-refractivity contribution is 5.98. The quantitative estimate of drug-likeness (QED) is 0.539. The summed E-state index contributed by atoms with van der Waals surface area (Å²) in [4.78, 5) is 24.5. The number of carbonyl (C=O) groups excluding carboxylic acids is 1. The SMILES string of the molecule is N=C(N)c1ccc(COc2ccc3c(c2)CCN(CC(=O)O)C3=O)cc1. The average Bonchev–Trinajstić information content (AvgIpc) is 2.62. The summed E-state index contributed by atoms with van der Waals surface area (Å²) < 4.78 is 5.78. The second-order valence-electron chi connectivity index (χ2n) is 6.09. The van der Waals surface area contributed by atoms with Crippen molar-refractivity contribution in [2.45, 2.75) is 13.0 Å². The molecule has 0 saturated carbocycles. The van der Waals surface area contributed by atoms with Gasteiger partial charge in [-0.2, -0.15) is 0 Å². The van der Waals surface area contributed by atoms with Crippen molar-refractivity contribution in [1.82, 2.24) is 4.90 Å². The zero-order valence-electron chi connectivity index (χ0n) is 14.1. The average molecular weight is 353 g/mol. The topological polar surface area (TPSA) is 117 Å². The Balaban J connectivity index is 1.67. The van der Waals surface area contributed by atoms with Crippen molar-refractivity contribution in [2.75, 3.05) is 13.1 Å². The normalized spacial score (nSPS) is 13.2. The smallest absolute Gasteiger partial charge is 0.323 e. The number of fused-ring (bicyclic) bond motifs is 1. The summed E-state index contributed by atoms with van der Waals surface area (Å²) in [7, 11) is 0. The van der Waals surface area contributed by atoms with Gasteiger partial charge in [0.15, 0.2) is 0 Å². The molecule has 1 aliphatic rings. The maximum atomic E-state index is 12.3. The minimum Gasteiger partial charge on any atom is -0.489 e. The molecule has 26 heavy (non-hydrogen) atoms. The molecule has 7 nitrogen and oxygen atoms in total. The van der Waals surface area contributed by atoms with E-state index >= 15 is 0 Å². The van der Waals surface area contributed by atoms with Crippen LogP contribution in [0.4, 0.5) is 0 Å². The van der Waals surface area contributed by atoms with Gasteiger partial charge in [-0.05, 0) is 35.7 Å². The number of carbonyl (C=O) groups is 2. The predicted molar refractivity (Wildman–Crippen MR) is 95.5 cm³/mol. The van der Waals surface area contributed by atoms with Crippen LogP contribution in [-0.4, -0.2) is 40.8 Å². The zero-order valence-corrected chi connectivity index (χ0v) is 14.1. The second-order valence-corrected chi connectivity index (χ2v) is 6.09. The predicted octanol–water partition coefficient (Wildman–Crippen LogP) is 1.63. The lowest BCUT2D eigenvalue weighted by molar-refractivity contribution is -0.137. The van der Waals surface area contributed by atoms with Crippen LogP contribution in [-0.2, 0) is 17.8 Å². The highest BCUT2D eigenvalue weighted by Crippen LogP contribution is 2.24. The maximum Gasteiger partial charge on any atom is 0.323 e. The summed E-state index contributed by atoms with van der Waals surface area (Å²) in [6.45, 7) is 0.455. The van der Waals surface area contributed by atoms with Crippen LogP contribution in [0.1, 0.15) is 27.0 Å². The summed E-state index contributed by atoms with van der Waals surface area (Å²) >= 11 is 0. The highest BCUT2D eigenvalue weighted by atomic mass is 16.5. The Labute approximate surface area is 150 Å². The van der Waals surface area contributed by atoms with Crippen molar-refractivity contribution in [3.8, 4) is 5.75 Å². The molecule has 0 saturated heterocycles. The molecule has 0 atom stereocenters. The zero-order chi connectivity index (χ0) is 18.7. The van der Waals surface area contributed by atoms with Gasteiger partial charge in [0.2, 0.25) is 0 Å². The number of aliphatic carboxylic acids is 1. The third-order valence-corrected chi connectivity index (χ3v) is 4.24. The largest absolute Gasteiger partial charge is 0.489 e. The number of benzene rings is 2. The molecule has 0 aromatic heterocycles. The molecular formula is C19H19N3O4. The van der Waals surface area contributed by atoms with Crippen LogP contribution in [0.15, 0.2) is 42.5 Å². The van der Waals surface area contributed by atoms with E-state index in [-0.39, 0.29) is 18.3 Å². The van der Waals surface area contributed by atoms with Crippen LogP contribution in [0.25, 0.3) is 0 Å². The first-order valence-electron chi connectivity index (χ1n) is 8.14. The Morgan fingerprint density at radius 1 is 1.23 bits per heavy atom. The van der Waals surface area contributed by atoms with Gasteiger partial charge < -0.3 is 20.5 Å². The van der Waals surface area contributed by atoms with E-state index in [1.54, 1.807) is 24.3 Å². The Morgan fingerprint density at radius 3 is 2.62 bits per heavy atom. The summed E-state index contributed by atoms with van der Waals surface area (Å²) in [5, 5.41) is 16.3. The number of nitrogens with two attached hydrogens (primary N) is 1. The van der Waals surface area contributed by atoms with Crippen molar-refractivity contribution in [3.63, 3.8) is 0 Å². The molecule has 134 valence electrons. The number of nitrogen functional groups attached to an aromatic ring is 1. The monoisotopic (exact) mass is 353 g/mol. The number of amides is 1. The van der Waals surface area contributed by atoms with Crippen molar-refractivity contribution in [1.29, 1.82) is 5.41 Å². The molecule has 1 amide bonds. The number of ether oxygens (including phenoxy) is 1. The molecule has 3 rings (SSSR count). The van der Waals surface area contributed by atoms with Crippen molar-refractivity contribution in [2.24, 2.45) is 5.73 Å². The first kappa shape index (κ1) is 17.5. The summed E-state index contributed by atoms with van der Waals surface area (Å²) in [6.07, 6.45) is 0.596. The van der Waals surface area contributed by atoms with Crippen LogP contribution in [0, 0.1) is 5.41 Å². The van der Waals surface area contributed by atoms with Gasteiger partial charge in [-0.15, -0.1) is 0 Å². The first-order valence-corrected chi connectivity index (χ1v) is 8.14. The van der Waals surface area contributed by atoms with Crippen molar-refractivity contribution < 1.29 is 19.4 Å². The maximum absolute atomic E-state index is 12.3. The molecule has 0 fully saturated rings. The van der Waals surface area contributed by atoms with E-state index in [0.29, 0.717) is 36.4 Å². The standard InChI is InChI=1S/C19H19N3O4/c20-18(21)13-3-1-12(2-4-13)11-26-15-5-6-16-14(9-15)7-8-22(19(16)25)10-17(23)24/h1-6,9H,7-8,10-11H2,(H3,20,21)(H,23,24). The van der Waals surface area contributed by atoms with Gasteiger partial charge in [0, 0.05) is 17.7 Å². The van der Waals surface area contributed by atoms with Gasteiger partial charge in [-0.3, -0.25) is 15.0 Å². The van der Waals surface area contributed by atoms with E-state index in [4.69, 9.17) is 21.0 Å². The van der Waals surface area contributed by atoms with Crippen LogP contribution in [0.5, 0.6) is 5.75 Å². The van der Waals surface area contributed by atoms with Crippen LogP contribution >= 0.6 is 0 Å². The molecule has 2 aromatic carbocycles. The third kappa shape index (κ3) is 3.83. The van der Waals surface area contributed by atoms with Crippen LogP contribution < -0.4 is 10.5 Å². The Bertz CT molecular complexity index is 862. The lowest BCUT2D eigenvalue weighted by Gasteiger charge is -2.27. The van der Waals surface area contributed by atoms with Gasteiger partial charge in [0.1, 0.15) is 24.7 Å². The summed E-state index contributed by atoms with van der Waals surface area (Å²) in [6, 6.07) is 12.5. The van der Waals surface area contributed by atoms with E-state index in [0.717, 1.165) is 11.1 Å². The molecular weight excluding hydrogens is 334 g/mol. The van der Waals surface area contributed by atoms with Crippen molar-refractivity contribution in [3.05, 3.63) is 64.7 Å². The molecule has 0 radical (unpaired) electrons. The van der Waals surface area contributed by atoms with Gasteiger partial charge in [0.05, 0.1) is 0 Å². The number of amidine groups is 1. The number of nitrogens with one attached hydrogen (secondary N) is 1. The number of hydrogen-bond donors (Lipinski definition) is 3. The molecule has 7 heteroatoms. The van der Waals surface area contributed by atoms with E-state index in [9.17, 15) is 9.59 Å². The van der Waals surface area contributed by atoms with Crippen molar-refractivity contribution >= 4 is 17.7 Å². The molecule has 0 spiro atoms.